The SMILES string of the molecule is CC(Nc1ccc([N+](=O)[O-])cc1N)c1ccccc1. The monoisotopic (exact) mass is 257 g/mol. The van der Waals surface area contributed by atoms with E-state index in [-0.39, 0.29) is 11.7 Å². The van der Waals surface area contributed by atoms with Crippen LogP contribution in [0.2, 0.25) is 0 Å². The van der Waals surface area contributed by atoms with Crippen LogP contribution in [0.15, 0.2) is 48.5 Å². The maximum atomic E-state index is 10.6. The van der Waals surface area contributed by atoms with E-state index in [2.05, 4.69) is 5.32 Å². The molecule has 5 nitrogen and oxygen atoms in total. The standard InChI is InChI=1S/C14H15N3O2/c1-10(11-5-3-2-4-6-11)16-14-8-7-12(17(18)19)9-13(14)15/h2-10,16H,15H2,1H3. The average molecular weight is 257 g/mol. The molecular weight excluding hydrogens is 242 g/mol. The topological polar surface area (TPSA) is 81.2 Å². The Morgan fingerprint density at radius 1 is 1.21 bits per heavy atom. The Labute approximate surface area is 111 Å². The van der Waals surface area contributed by atoms with Gasteiger partial charge >= 0.3 is 0 Å². The summed E-state index contributed by atoms with van der Waals surface area (Å²) < 4.78 is 0. The van der Waals surface area contributed by atoms with Gasteiger partial charge in [-0.05, 0) is 18.6 Å². The van der Waals surface area contributed by atoms with E-state index in [0.717, 1.165) is 5.56 Å². The summed E-state index contributed by atoms with van der Waals surface area (Å²) in [5.41, 5.74) is 8.01. The zero-order valence-corrected chi connectivity index (χ0v) is 10.5. The molecule has 5 heteroatoms. The van der Waals surface area contributed by atoms with Crippen molar-refractivity contribution in [2.75, 3.05) is 11.1 Å². The molecule has 0 aliphatic carbocycles. The zero-order chi connectivity index (χ0) is 13.8. The Balaban J connectivity index is 2.18. The third-order valence-corrected chi connectivity index (χ3v) is 2.92. The molecule has 0 aromatic heterocycles. The number of benzene rings is 2. The molecule has 1 atom stereocenters. The number of rotatable bonds is 4. The van der Waals surface area contributed by atoms with Gasteiger partial charge in [-0.15, -0.1) is 0 Å². The molecule has 0 bridgehead atoms. The molecule has 2 rings (SSSR count). The molecule has 0 heterocycles. The van der Waals surface area contributed by atoms with Crippen LogP contribution in [0.4, 0.5) is 17.1 Å². The first-order valence-corrected chi connectivity index (χ1v) is 5.93. The van der Waals surface area contributed by atoms with E-state index in [9.17, 15) is 10.1 Å². The van der Waals surface area contributed by atoms with Gasteiger partial charge in [0.05, 0.1) is 16.3 Å². The molecule has 0 saturated heterocycles. The second-order valence-electron chi connectivity index (χ2n) is 4.31. The van der Waals surface area contributed by atoms with Gasteiger partial charge in [0.1, 0.15) is 0 Å². The summed E-state index contributed by atoms with van der Waals surface area (Å²) >= 11 is 0. The van der Waals surface area contributed by atoms with Crippen LogP contribution in [0.3, 0.4) is 0 Å². The Bertz CT molecular complexity index is 584. The number of anilines is 2. The van der Waals surface area contributed by atoms with Crippen LogP contribution in [-0.4, -0.2) is 4.92 Å². The van der Waals surface area contributed by atoms with Crippen molar-refractivity contribution in [3.63, 3.8) is 0 Å². The summed E-state index contributed by atoms with van der Waals surface area (Å²) in [6, 6.07) is 14.4. The van der Waals surface area contributed by atoms with E-state index >= 15 is 0 Å². The highest BCUT2D eigenvalue weighted by atomic mass is 16.6. The lowest BCUT2D eigenvalue weighted by atomic mass is 10.1. The maximum absolute atomic E-state index is 10.6. The number of nitrogens with one attached hydrogen (secondary N) is 1. The largest absolute Gasteiger partial charge is 0.397 e. The second kappa shape index (κ2) is 5.39. The molecule has 2 aromatic carbocycles. The number of nitro groups is 1. The minimum atomic E-state index is -0.458. The zero-order valence-electron chi connectivity index (χ0n) is 10.5. The fraction of sp³-hybridized carbons (Fsp3) is 0.143. The van der Waals surface area contributed by atoms with Crippen LogP contribution < -0.4 is 11.1 Å². The first-order valence-electron chi connectivity index (χ1n) is 5.93. The van der Waals surface area contributed by atoms with Gasteiger partial charge in [-0.3, -0.25) is 10.1 Å². The normalized spacial score (nSPS) is 11.8. The number of nitrogens with two attached hydrogens (primary N) is 1. The molecule has 0 aliphatic rings. The van der Waals surface area contributed by atoms with Gasteiger partial charge in [0.2, 0.25) is 0 Å². The number of nitrogen functional groups attached to an aromatic ring is 1. The van der Waals surface area contributed by atoms with E-state index in [1.54, 1.807) is 6.07 Å². The van der Waals surface area contributed by atoms with Gasteiger partial charge in [-0.25, -0.2) is 0 Å². The van der Waals surface area contributed by atoms with Crippen LogP contribution in [0.1, 0.15) is 18.5 Å². The van der Waals surface area contributed by atoms with Gasteiger partial charge in [-0.1, -0.05) is 30.3 Å². The Hall–Kier alpha value is -2.56. The van der Waals surface area contributed by atoms with Crippen LogP contribution in [0, 0.1) is 10.1 Å². The summed E-state index contributed by atoms with van der Waals surface area (Å²) in [5.74, 6) is 0. The molecule has 3 N–H and O–H groups in total. The second-order valence-corrected chi connectivity index (χ2v) is 4.31. The van der Waals surface area contributed by atoms with Crippen molar-refractivity contribution in [2.24, 2.45) is 0 Å². The van der Waals surface area contributed by atoms with Crippen molar-refractivity contribution in [3.8, 4) is 0 Å². The lowest BCUT2D eigenvalue weighted by molar-refractivity contribution is -0.384. The van der Waals surface area contributed by atoms with Gasteiger partial charge < -0.3 is 11.1 Å². The Morgan fingerprint density at radius 3 is 2.47 bits per heavy atom. The molecular formula is C14H15N3O2. The summed E-state index contributed by atoms with van der Waals surface area (Å²) in [7, 11) is 0. The molecule has 0 saturated carbocycles. The van der Waals surface area contributed by atoms with Crippen LogP contribution in [0.5, 0.6) is 0 Å². The first kappa shape index (κ1) is 12.9. The van der Waals surface area contributed by atoms with Gasteiger partial charge in [-0.2, -0.15) is 0 Å². The van der Waals surface area contributed by atoms with Crippen molar-refractivity contribution in [1.29, 1.82) is 0 Å². The lowest BCUT2D eigenvalue weighted by Gasteiger charge is -2.17. The Kier molecular flexibility index (Phi) is 3.66. The number of hydrogen-bond acceptors (Lipinski definition) is 4. The van der Waals surface area contributed by atoms with E-state index in [1.807, 2.05) is 37.3 Å². The number of non-ortho nitro benzene ring substituents is 1. The molecule has 1 unspecified atom stereocenters. The lowest BCUT2D eigenvalue weighted by Crippen LogP contribution is -2.08. The number of nitro benzene ring substituents is 1. The first-order chi connectivity index (χ1) is 9.08. The summed E-state index contributed by atoms with van der Waals surface area (Å²) in [6.45, 7) is 2.01. The highest BCUT2D eigenvalue weighted by molar-refractivity contribution is 5.69. The van der Waals surface area contributed by atoms with Crippen molar-refractivity contribution in [3.05, 3.63) is 64.2 Å². The highest BCUT2D eigenvalue weighted by Gasteiger charge is 2.11. The van der Waals surface area contributed by atoms with Gasteiger partial charge in [0.25, 0.3) is 5.69 Å². The fourth-order valence-corrected chi connectivity index (χ4v) is 1.85. The van der Waals surface area contributed by atoms with Crippen molar-refractivity contribution >= 4 is 17.1 Å². The molecule has 2 aromatic rings. The van der Waals surface area contributed by atoms with Gasteiger partial charge in [0.15, 0.2) is 0 Å². The molecule has 0 aliphatic heterocycles. The van der Waals surface area contributed by atoms with Crippen LogP contribution >= 0.6 is 0 Å². The van der Waals surface area contributed by atoms with E-state index < -0.39 is 4.92 Å². The molecule has 0 spiro atoms. The van der Waals surface area contributed by atoms with Crippen LogP contribution in [0.25, 0.3) is 0 Å². The smallest absolute Gasteiger partial charge is 0.271 e. The summed E-state index contributed by atoms with van der Waals surface area (Å²) in [4.78, 5) is 10.2. The van der Waals surface area contributed by atoms with Gasteiger partial charge in [0, 0.05) is 18.2 Å². The van der Waals surface area contributed by atoms with Crippen LogP contribution in [-0.2, 0) is 0 Å². The predicted molar refractivity (Wildman–Crippen MR) is 76.0 cm³/mol. The van der Waals surface area contributed by atoms with E-state index in [0.29, 0.717) is 11.4 Å². The summed E-state index contributed by atoms with van der Waals surface area (Å²) in [6.07, 6.45) is 0. The van der Waals surface area contributed by atoms with Crippen molar-refractivity contribution in [2.45, 2.75) is 13.0 Å². The molecule has 0 amide bonds. The summed E-state index contributed by atoms with van der Waals surface area (Å²) in [5, 5.41) is 13.9. The number of nitrogens with zero attached hydrogens (tertiary/aromatic N) is 1. The van der Waals surface area contributed by atoms with E-state index in [4.69, 9.17) is 5.73 Å². The molecule has 98 valence electrons. The number of hydrogen-bond donors (Lipinski definition) is 2. The average Bonchev–Trinajstić information content (AvgIpc) is 2.41. The third kappa shape index (κ3) is 3.01. The van der Waals surface area contributed by atoms with Crippen molar-refractivity contribution in [1.82, 2.24) is 0 Å². The minimum absolute atomic E-state index is 0.00425. The maximum Gasteiger partial charge on any atom is 0.271 e. The van der Waals surface area contributed by atoms with E-state index in [1.165, 1.54) is 12.1 Å². The predicted octanol–water partition coefficient (Wildman–Crippen LogP) is 3.35. The fourth-order valence-electron chi connectivity index (χ4n) is 1.85. The molecule has 19 heavy (non-hydrogen) atoms. The quantitative estimate of drug-likeness (QED) is 0.500. The third-order valence-electron chi connectivity index (χ3n) is 2.92. The molecule has 0 radical (unpaired) electrons. The Morgan fingerprint density at radius 2 is 1.89 bits per heavy atom. The molecule has 0 fully saturated rings. The highest BCUT2D eigenvalue weighted by Crippen LogP contribution is 2.27. The minimum Gasteiger partial charge on any atom is -0.397 e. The van der Waals surface area contributed by atoms with Crippen molar-refractivity contribution < 1.29 is 4.92 Å².